The van der Waals surface area contributed by atoms with Gasteiger partial charge >= 0.3 is 0 Å². The third-order valence-corrected chi connectivity index (χ3v) is 9.36. The highest BCUT2D eigenvalue weighted by atomic mass is 16.7. The number of aliphatic hydroxyl groups excluding tert-OH is 8. The Morgan fingerprint density at radius 1 is 0.642 bits per heavy atom. The van der Waals surface area contributed by atoms with E-state index in [1.165, 1.54) is 19.9 Å². The third kappa shape index (κ3) is 7.34. The SMILES string of the molecule is C[C@@H]1O[C@H](OC[C@H]2O[C@@H](Oc3c(-c4ccc(O)c(O)c4)oc4cc(O)cc(O)c4c3=O)[C@H](O)[C@@H](O[C@H]3O[C@@H](C)[C@H](O)[C@@H](O)[C@@H]3O)[C@@H]2O)[C@@H](O)[C@H](O)[C@H]1O. The summed E-state index contributed by atoms with van der Waals surface area (Å²) in [7, 11) is 0. The van der Waals surface area contributed by atoms with E-state index >= 15 is 0 Å². The quantitative estimate of drug-likeness (QED) is 0.103. The second-order valence-corrected chi connectivity index (χ2v) is 13.1. The summed E-state index contributed by atoms with van der Waals surface area (Å²) in [5.74, 6) is -3.65. The lowest BCUT2D eigenvalue weighted by atomic mass is 9.97. The molecule has 3 aliphatic rings. The van der Waals surface area contributed by atoms with Gasteiger partial charge in [0.15, 0.2) is 29.8 Å². The summed E-state index contributed by atoms with van der Waals surface area (Å²) in [6.45, 7) is 2.05. The predicted molar refractivity (Wildman–Crippen MR) is 171 cm³/mol. The largest absolute Gasteiger partial charge is 0.508 e. The minimum absolute atomic E-state index is 0.0892. The first-order valence-electron chi connectivity index (χ1n) is 16.4. The van der Waals surface area contributed by atoms with Gasteiger partial charge in [0.1, 0.15) is 83.5 Å². The molecule has 1 aromatic heterocycles. The molecular formula is C33H40O20. The van der Waals surface area contributed by atoms with E-state index in [9.17, 15) is 66.1 Å². The third-order valence-electron chi connectivity index (χ3n) is 9.36. The first-order valence-corrected chi connectivity index (χ1v) is 16.4. The summed E-state index contributed by atoms with van der Waals surface area (Å²) in [6, 6.07) is 5.10. The Labute approximate surface area is 298 Å². The maximum atomic E-state index is 14.0. The van der Waals surface area contributed by atoms with Crippen LogP contribution in [0.2, 0.25) is 0 Å². The number of aromatic hydroxyl groups is 4. The smallest absolute Gasteiger partial charge is 0.239 e. The van der Waals surface area contributed by atoms with Crippen molar-refractivity contribution in [1.82, 2.24) is 0 Å². The minimum Gasteiger partial charge on any atom is -0.508 e. The lowest BCUT2D eigenvalue weighted by Gasteiger charge is -2.46. The molecule has 12 N–H and O–H groups in total. The van der Waals surface area contributed by atoms with Crippen molar-refractivity contribution in [3.05, 3.63) is 40.6 Å². The van der Waals surface area contributed by atoms with Crippen LogP contribution < -0.4 is 10.2 Å². The topological polar surface area (TPSA) is 328 Å². The molecule has 0 unspecified atom stereocenters. The van der Waals surface area contributed by atoms with Gasteiger partial charge < -0.3 is 94.1 Å². The summed E-state index contributed by atoms with van der Waals surface area (Å²) in [6.07, 6.45) is -25.1. The normalized spacial score (nSPS) is 37.8. The lowest BCUT2D eigenvalue weighted by molar-refractivity contribution is -0.355. The summed E-state index contributed by atoms with van der Waals surface area (Å²) >= 11 is 0. The molecule has 0 saturated carbocycles. The van der Waals surface area contributed by atoms with Crippen molar-refractivity contribution in [2.75, 3.05) is 6.61 Å². The molecule has 4 heterocycles. The van der Waals surface area contributed by atoms with Crippen molar-refractivity contribution in [3.8, 4) is 40.1 Å². The van der Waals surface area contributed by atoms with Gasteiger partial charge in [-0.2, -0.15) is 0 Å². The molecule has 3 saturated heterocycles. The fraction of sp³-hybridized carbons (Fsp3) is 0.545. The van der Waals surface area contributed by atoms with Crippen LogP contribution in [0.4, 0.5) is 0 Å². The van der Waals surface area contributed by atoms with Gasteiger partial charge in [0.2, 0.25) is 17.5 Å². The number of aliphatic hydroxyl groups is 8. The van der Waals surface area contributed by atoms with E-state index in [-0.39, 0.29) is 11.1 Å². The Morgan fingerprint density at radius 3 is 1.91 bits per heavy atom. The van der Waals surface area contributed by atoms with Crippen LogP contribution >= 0.6 is 0 Å². The van der Waals surface area contributed by atoms with E-state index in [0.717, 1.165) is 24.3 Å². The maximum Gasteiger partial charge on any atom is 0.239 e. The van der Waals surface area contributed by atoms with Gasteiger partial charge in [0.25, 0.3) is 0 Å². The van der Waals surface area contributed by atoms with Crippen molar-refractivity contribution >= 4 is 11.0 Å². The molecule has 0 spiro atoms. The zero-order chi connectivity index (χ0) is 38.6. The molecule has 0 aliphatic carbocycles. The average molecular weight is 757 g/mol. The number of fused-ring (bicyclic) bond motifs is 1. The number of benzene rings is 2. The van der Waals surface area contributed by atoms with Crippen LogP contribution in [0.3, 0.4) is 0 Å². The standard InChI is InChI=1S/C33H40O20/c1-9-19(38)23(42)25(44)31(48-9)47-8-17-21(40)29(52-32-26(45)24(43)20(39)10(2)49-32)27(46)33(51-17)53-30-22(41)18-15(37)6-12(34)7-16(18)50-28(30)11-3-4-13(35)14(36)5-11/h3-7,9-10,17,19-21,23-27,29,31-40,42-46H,8H2,1-2H3/t9-,10-,17+,19-,20-,21+,23+,24+,25-,26-,27+,29-,31-,32+,33-/m0/s1. The molecule has 20 nitrogen and oxygen atoms in total. The Balaban J connectivity index is 1.38. The Bertz CT molecular complexity index is 1830. The van der Waals surface area contributed by atoms with Crippen LogP contribution in [0.25, 0.3) is 22.3 Å². The minimum atomic E-state index is -2.09. The Hall–Kier alpha value is -3.87. The highest BCUT2D eigenvalue weighted by Gasteiger charge is 2.52. The van der Waals surface area contributed by atoms with Gasteiger partial charge in [-0.1, -0.05) is 0 Å². The molecule has 20 heteroatoms. The van der Waals surface area contributed by atoms with Crippen molar-refractivity contribution in [2.24, 2.45) is 0 Å². The lowest BCUT2D eigenvalue weighted by Crippen LogP contribution is -2.65. The highest BCUT2D eigenvalue weighted by Crippen LogP contribution is 2.40. The van der Waals surface area contributed by atoms with Crippen LogP contribution in [0.5, 0.6) is 28.7 Å². The maximum absolute atomic E-state index is 14.0. The second kappa shape index (κ2) is 15.1. The fourth-order valence-electron chi connectivity index (χ4n) is 6.27. The number of hydrogen-bond acceptors (Lipinski definition) is 20. The van der Waals surface area contributed by atoms with Gasteiger partial charge in [-0.25, -0.2) is 0 Å². The van der Waals surface area contributed by atoms with Crippen molar-refractivity contribution in [2.45, 2.75) is 106 Å². The second-order valence-electron chi connectivity index (χ2n) is 13.1. The van der Waals surface area contributed by atoms with Crippen LogP contribution in [-0.4, -0.2) is 160 Å². The zero-order valence-electron chi connectivity index (χ0n) is 27.9. The van der Waals surface area contributed by atoms with Gasteiger partial charge in [0, 0.05) is 17.7 Å². The van der Waals surface area contributed by atoms with Gasteiger partial charge in [0.05, 0.1) is 18.8 Å². The molecule has 15 atom stereocenters. The monoisotopic (exact) mass is 756 g/mol. The summed E-state index contributed by atoms with van der Waals surface area (Å²) in [4.78, 5) is 14.0. The zero-order valence-corrected chi connectivity index (χ0v) is 27.9. The predicted octanol–water partition coefficient (Wildman–Crippen LogP) is -2.84. The molecule has 0 radical (unpaired) electrons. The summed E-state index contributed by atoms with van der Waals surface area (Å²) < 4.78 is 39.8. The van der Waals surface area contributed by atoms with E-state index in [2.05, 4.69) is 0 Å². The highest BCUT2D eigenvalue weighted by molar-refractivity contribution is 5.88. The van der Waals surface area contributed by atoms with Crippen LogP contribution in [0.15, 0.2) is 39.5 Å². The molecule has 2 aromatic carbocycles. The Kier molecular flexibility index (Phi) is 11.1. The van der Waals surface area contributed by atoms with Crippen molar-refractivity contribution in [1.29, 1.82) is 0 Å². The van der Waals surface area contributed by atoms with Gasteiger partial charge in [-0.05, 0) is 32.0 Å². The number of ether oxygens (including phenoxy) is 6. The fourth-order valence-corrected chi connectivity index (χ4v) is 6.27. The molecule has 53 heavy (non-hydrogen) atoms. The number of hydrogen-bond donors (Lipinski definition) is 12. The average Bonchev–Trinajstić information content (AvgIpc) is 3.11. The summed E-state index contributed by atoms with van der Waals surface area (Å²) in [5, 5.41) is 125. The molecule has 3 fully saturated rings. The molecule has 6 rings (SSSR count). The van der Waals surface area contributed by atoms with Crippen molar-refractivity contribution < 1.29 is 94.1 Å². The van der Waals surface area contributed by atoms with Crippen molar-refractivity contribution in [3.63, 3.8) is 0 Å². The first-order chi connectivity index (χ1) is 25.0. The van der Waals surface area contributed by atoms with Gasteiger partial charge in [-0.3, -0.25) is 4.79 Å². The molecular weight excluding hydrogens is 716 g/mol. The van der Waals surface area contributed by atoms with E-state index < -0.39 is 144 Å². The molecule has 3 aliphatic heterocycles. The molecule has 0 amide bonds. The van der Waals surface area contributed by atoms with Gasteiger partial charge in [-0.15, -0.1) is 0 Å². The van der Waals surface area contributed by atoms with E-state index in [1.54, 1.807) is 0 Å². The number of rotatable bonds is 8. The molecule has 3 aromatic rings. The Morgan fingerprint density at radius 2 is 1.26 bits per heavy atom. The van der Waals surface area contributed by atoms with E-state index in [1.807, 2.05) is 0 Å². The van der Waals surface area contributed by atoms with Crippen LogP contribution in [0.1, 0.15) is 13.8 Å². The van der Waals surface area contributed by atoms with E-state index in [0.29, 0.717) is 0 Å². The number of phenols is 4. The number of phenolic OH excluding ortho intramolecular Hbond substituents is 4. The molecule has 292 valence electrons. The first kappa shape index (κ1) is 38.8. The van der Waals surface area contributed by atoms with Crippen LogP contribution in [-0.2, 0) is 23.7 Å². The summed E-state index contributed by atoms with van der Waals surface area (Å²) in [5.41, 5.74) is -1.52. The van der Waals surface area contributed by atoms with E-state index in [4.69, 9.17) is 32.8 Å². The van der Waals surface area contributed by atoms with Crippen LogP contribution in [0, 0.1) is 0 Å². The molecule has 0 bridgehead atoms.